The zero-order valence-electron chi connectivity index (χ0n) is 16.2. The molecule has 2 aliphatic carbocycles. The molecular weight excluding hydrogens is 328 g/mol. The van der Waals surface area contributed by atoms with Crippen LogP contribution in [0.4, 0.5) is 5.69 Å². The van der Waals surface area contributed by atoms with Crippen LogP contribution in [0.1, 0.15) is 58.4 Å². The van der Waals surface area contributed by atoms with E-state index >= 15 is 0 Å². The van der Waals surface area contributed by atoms with E-state index in [0.717, 1.165) is 11.3 Å². The molecule has 1 aromatic carbocycles. The molecule has 3 N–H and O–H groups in total. The Morgan fingerprint density at radius 3 is 2.42 bits per heavy atom. The van der Waals surface area contributed by atoms with Crippen LogP contribution in [0.3, 0.4) is 0 Å². The van der Waals surface area contributed by atoms with E-state index in [2.05, 4.69) is 5.32 Å². The van der Waals surface area contributed by atoms with E-state index in [1.807, 2.05) is 45.0 Å². The Balaban J connectivity index is 1.54. The van der Waals surface area contributed by atoms with Gasteiger partial charge in [-0.3, -0.25) is 4.79 Å². The summed E-state index contributed by atoms with van der Waals surface area (Å²) in [6, 6.07) is 7.84. The molecule has 5 nitrogen and oxygen atoms in total. The highest BCUT2D eigenvalue weighted by atomic mass is 16.5. The molecule has 2 saturated carbocycles. The zero-order chi connectivity index (χ0) is 18.8. The minimum Gasteiger partial charge on any atom is -0.378 e. The predicted molar refractivity (Wildman–Crippen MR) is 103 cm³/mol. The van der Waals surface area contributed by atoms with Gasteiger partial charge in [-0.2, -0.15) is 0 Å². The van der Waals surface area contributed by atoms with Crippen molar-refractivity contribution in [1.82, 2.24) is 0 Å². The molecule has 0 spiro atoms. The minimum absolute atomic E-state index is 0.0263. The summed E-state index contributed by atoms with van der Waals surface area (Å²) in [6.45, 7) is 7.23. The van der Waals surface area contributed by atoms with Crippen LogP contribution >= 0.6 is 0 Å². The molecule has 0 aromatic heterocycles. The van der Waals surface area contributed by atoms with Gasteiger partial charge >= 0.3 is 0 Å². The van der Waals surface area contributed by atoms with Gasteiger partial charge in [0.25, 0.3) is 0 Å². The van der Waals surface area contributed by atoms with Crippen molar-refractivity contribution in [2.45, 2.75) is 77.2 Å². The van der Waals surface area contributed by atoms with E-state index in [1.54, 1.807) is 0 Å². The smallest absolute Gasteiger partial charge is 0.245 e. The summed E-state index contributed by atoms with van der Waals surface area (Å²) in [7, 11) is 0. The van der Waals surface area contributed by atoms with E-state index in [-0.39, 0.29) is 17.4 Å². The predicted octanol–water partition coefficient (Wildman–Crippen LogP) is 3.62. The summed E-state index contributed by atoms with van der Waals surface area (Å²) in [4.78, 5) is 12.8. The maximum absolute atomic E-state index is 12.8. The molecule has 2 unspecified atom stereocenters. The lowest BCUT2D eigenvalue weighted by Crippen LogP contribution is -2.74. The first-order valence-electron chi connectivity index (χ1n) is 9.79. The highest BCUT2D eigenvalue weighted by molar-refractivity contribution is 5.99. The summed E-state index contributed by atoms with van der Waals surface area (Å²) >= 11 is 0. The molecule has 2 atom stereocenters. The molecular formula is C21H32N2O3. The van der Waals surface area contributed by atoms with E-state index in [0.29, 0.717) is 25.7 Å². The fourth-order valence-electron chi connectivity index (χ4n) is 4.02. The van der Waals surface area contributed by atoms with Crippen molar-refractivity contribution >= 4 is 11.6 Å². The van der Waals surface area contributed by atoms with Crippen LogP contribution in [-0.2, 0) is 20.9 Å². The Bertz CT molecular complexity index is 623. The lowest BCUT2D eigenvalue weighted by atomic mass is 9.54. The van der Waals surface area contributed by atoms with Crippen LogP contribution in [0.25, 0.3) is 0 Å². The number of rotatable bonds is 7. The van der Waals surface area contributed by atoms with Gasteiger partial charge in [0.05, 0.1) is 18.8 Å². The van der Waals surface area contributed by atoms with Crippen LogP contribution in [-0.4, -0.2) is 30.3 Å². The number of carbonyl (C=O) groups excluding carboxylic acids is 1. The van der Waals surface area contributed by atoms with Crippen molar-refractivity contribution < 1.29 is 14.3 Å². The molecule has 144 valence electrons. The molecule has 0 radical (unpaired) electrons. The monoisotopic (exact) mass is 360 g/mol. The van der Waals surface area contributed by atoms with Crippen LogP contribution in [0.5, 0.6) is 0 Å². The normalized spacial score (nSPS) is 27.9. The Labute approximate surface area is 156 Å². The number of amides is 1. The SMILES string of the molecule is CCOC1CC(N)(C(=O)Nc2ccc(COC3CCCC3)cc2)C1(C)C. The highest BCUT2D eigenvalue weighted by Crippen LogP contribution is 2.50. The first-order valence-corrected chi connectivity index (χ1v) is 9.79. The molecule has 2 fully saturated rings. The van der Waals surface area contributed by atoms with Crippen LogP contribution in [0, 0.1) is 5.41 Å². The third kappa shape index (κ3) is 3.66. The molecule has 26 heavy (non-hydrogen) atoms. The number of hydrogen-bond donors (Lipinski definition) is 2. The lowest BCUT2D eigenvalue weighted by molar-refractivity contribution is -0.166. The Kier molecular flexibility index (Phi) is 5.70. The third-order valence-electron chi connectivity index (χ3n) is 6.23. The number of hydrogen-bond acceptors (Lipinski definition) is 4. The standard InChI is InChI=1S/C21H32N2O3/c1-4-25-18-13-21(22,20(18,2)3)19(24)23-16-11-9-15(10-12-16)14-26-17-7-5-6-8-17/h9-12,17-18H,4-8,13-14,22H2,1-3H3,(H,23,24). The summed E-state index contributed by atoms with van der Waals surface area (Å²) < 4.78 is 11.6. The summed E-state index contributed by atoms with van der Waals surface area (Å²) in [6.07, 6.45) is 5.88. The fourth-order valence-corrected chi connectivity index (χ4v) is 4.02. The van der Waals surface area contributed by atoms with Crippen LogP contribution in [0.15, 0.2) is 24.3 Å². The average molecular weight is 360 g/mol. The van der Waals surface area contributed by atoms with Crippen LogP contribution in [0.2, 0.25) is 0 Å². The van der Waals surface area contributed by atoms with Crippen LogP contribution < -0.4 is 11.1 Å². The molecule has 1 aromatic rings. The Morgan fingerprint density at radius 2 is 1.85 bits per heavy atom. The molecule has 0 saturated heterocycles. The quantitative estimate of drug-likeness (QED) is 0.779. The van der Waals surface area contributed by atoms with Gasteiger partial charge in [0.2, 0.25) is 5.91 Å². The van der Waals surface area contributed by atoms with Crippen molar-refractivity contribution in [3.63, 3.8) is 0 Å². The number of ether oxygens (including phenoxy) is 2. The molecule has 0 bridgehead atoms. The number of nitrogens with one attached hydrogen (secondary N) is 1. The van der Waals surface area contributed by atoms with Crippen molar-refractivity contribution in [2.24, 2.45) is 11.1 Å². The fraction of sp³-hybridized carbons (Fsp3) is 0.667. The van der Waals surface area contributed by atoms with Crippen molar-refractivity contribution in [2.75, 3.05) is 11.9 Å². The topological polar surface area (TPSA) is 73.6 Å². The number of carbonyl (C=O) groups is 1. The Hall–Kier alpha value is -1.43. The largest absolute Gasteiger partial charge is 0.378 e. The Morgan fingerprint density at radius 1 is 1.19 bits per heavy atom. The van der Waals surface area contributed by atoms with Gasteiger partial charge in [0, 0.05) is 24.1 Å². The third-order valence-corrected chi connectivity index (χ3v) is 6.23. The van der Waals surface area contributed by atoms with Gasteiger partial charge in [0.15, 0.2) is 0 Å². The second kappa shape index (κ2) is 7.67. The number of benzene rings is 1. The van der Waals surface area contributed by atoms with Gasteiger partial charge in [0.1, 0.15) is 5.54 Å². The minimum atomic E-state index is -0.906. The van der Waals surface area contributed by atoms with Crippen molar-refractivity contribution in [1.29, 1.82) is 0 Å². The lowest BCUT2D eigenvalue weighted by Gasteiger charge is -2.57. The molecule has 5 heteroatoms. The second-order valence-corrected chi connectivity index (χ2v) is 8.21. The van der Waals surface area contributed by atoms with Gasteiger partial charge < -0.3 is 20.5 Å². The first-order chi connectivity index (χ1) is 12.4. The van der Waals surface area contributed by atoms with E-state index < -0.39 is 5.54 Å². The van der Waals surface area contributed by atoms with Crippen molar-refractivity contribution in [3.05, 3.63) is 29.8 Å². The maximum atomic E-state index is 12.8. The van der Waals surface area contributed by atoms with Gasteiger partial charge in [-0.1, -0.05) is 38.8 Å². The molecule has 0 aliphatic heterocycles. The average Bonchev–Trinajstić information content (AvgIpc) is 3.14. The molecule has 2 aliphatic rings. The molecule has 3 rings (SSSR count). The zero-order valence-corrected chi connectivity index (χ0v) is 16.2. The van der Waals surface area contributed by atoms with Gasteiger partial charge in [-0.15, -0.1) is 0 Å². The van der Waals surface area contributed by atoms with E-state index in [4.69, 9.17) is 15.2 Å². The summed E-state index contributed by atoms with van der Waals surface area (Å²) in [5.41, 5.74) is 7.02. The summed E-state index contributed by atoms with van der Waals surface area (Å²) in [5, 5.41) is 2.97. The van der Waals surface area contributed by atoms with Gasteiger partial charge in [-0.25, -0.2) is 0 Å². The molecule has 1 amide bonds. The maximum Gasteiger partial charge on any atom is 0.245 e. The number of anilines is 1. The van der Waals surface area contributed by atoms with E-state index in [1.165, 1.54) is 25.7 Å². The van der Waals surface area contributed by atoms with Crippen molar-refractivity contribution in [3.8, 4) is 0 Å². The second-order valence-electron chi connectivity index (χ2n) is 8.21. The number of nitrogens with two attached hydrogens (primary N) is 1. The van der Waals surface area contributed by atoms with E-state index in [9.17, 15) is 4.79 Å². The van der Waals surface area contributed by atoms with Gasteiger partial charge in [-0.05, 0) is 37.5 Å². The molecule has 0 heterocycles. The first kappa shape index (κ1) is 19.3. The highest BCUT2D eigenvalue weighted by Gasteiger charge is 2.62. The summed E-state index contributed by atoms with van der Waals surface area (Å²) in [5.74, 6) is -0.145.